The van der Waals surface area contributed by atoms with E-state index in [0.717, 1.165) is 12.8 Å². The standard InChI is InChI=1S/C13H15BrF2O/c14-10-5-6-12(11(7-10)13(15)16)17-8-9-3-1-2-4-9/h5-7,9,13H,1-4,8H2. The fourth-order valence-corrected chi connectivity index (χ4v) is 2.58. The number of halogens is 3. The van der Waals surface area contributed by atoms with Crippen molar-refractivity contribution < 1.29 is 13.5 Å². The van der Waals surface area contributed by atoms with Crippen LogP contribution in [-0.4, -0.2) is 6.61 Å². The summed E-state index contributed by atoms with van der Waals surface area (Å²) >= 11 is 3.19. The van der Waals surface area contributed by atoms with Gasteiger partial charge in [0.2, 0.25) is 0 Å². The van der Waals surface area contributed by atoms with Gasteiger partial charge in [0.15, 0.2) is 0 Å². The highest BCUT2D eigenvalue weighted by molar-refractivity contribution is 9.10. The van der Waals surface area contributed by atoms with Crippen molar-refractivity contribution in [1.29, 1.82) is 0 Å². The molecule has 2 rings (SSSR count). The van der Waals surface area contributed by atoms with Crippen LogP contribution in [0.2, 0.25) is 0 Å². The Bertz CT molecular complexity index is 376. The Hall–Kier alpha value is -0.640. The number of ether oxygens (including phenoxy) is 1. The highest BCUT2D eigenvalue weighted by atomic mass is 79.9. The first-order chi connectivity index (χ1) is 8.16. The minimum Gasteiger partial charge on any atom is -0.493 e. The third kappa shape index (κ3) is 3.41. The molecule has 1 nitrogen and oxygen atoms in total. The van der Waals surface area contributed by atoms with Gasteiger partial charge in [-0.3, -0.25) is 0 Å². The summed E-state index contributed by atoms with van der Waals surface area (Å²) in [5.74, 6) is 0.847. The molecule has 0 aliphatic heterocycles. The summed E-state index contributed by atoms with van der Waals surface area (Å²) in [6.45, 7) is 0.557. The minimum absolute atomic E-state index is 0.0302. The lowest BCUT2D eigenvalue weighted by Gasteiger charge is -2.14. The maximum atomic E-state index is 12.8. The first-order valence-corrected chi connectivity index (χ1v) is 6.66. The smallest absolute Gasteiger partial charge is 0.267 e. The zero-order valence-corrected chi connectivity index (χ0v) is 11.1. The molecule has 17 heavy (non-hydrogen) atoms. The second kappa shape index (κ2) is 5.80. The van der Waals surface area contributed by atoms with Gasteiger partial charge in [0.1, 0.15) is 5.75 Å². The fourth-order valence-electron chi connectivity index (χ4n) is 2.21. The Morgan fingerprint density at radius 1 is 1.29 bits per heavy atom. The molecule has 0 unspecified atom stereocenters. The topological polar surface area (TPSA) is 9.23 Å². The van der Waals surface area contributed by atoms with E-state index in [1.54, 1.807) is 12.1 Å². The summed E-state index contributed by atoms with van der Waals surface area (Å²) in [6, 6.07) is 4.77. The molecule has 4 heteroatoms. The van der Waals surface area contributed by atoms with Crippen LogP contribution in [-0.2, 0) is 0 Å². The predicted molar refractivity (Wildman–Crippen MR) is 66.6 cm³/mol. The first kappa shape index (κ1) is 12.8. The number of benzene rings is 1. The van der Waals surface area contributed by atoms with E-state index in [4.69, 9.17) is 4.74 Å². The van der Waals surface area contributed by atoms with E-state index in [-0.39, 0.29) is 5.56 Å². The normalized spacial score (nSPS) is 16.7. The van der Waals surface area contributed by atoms with Crippen molar-refractivity contribution in [3.63, 3.8) is 0 Å². The third-order valence-corrected chi connectivity index (χ3v) is 3.65. The number of rotatable bonds is 4. The molecule has 1 aromatic carbocycles. The summed E-state index contributed by atoms with van der Waals surface area (Å²) in [4.78, 5) is 0. The lowest BCUT2D eigenvalue weighted by Crippen LogP contribution is -2.09. The van der Waals surface area contributed by atoms with E-state index < -0.39 is 6.43 Å². The van der Waals surface area contributed by atoms with Gasteiger partial charge in [0, 0.05) is 4.47 Å². The Labute approximate surface area is 108 Å². The lowest BCUT2D eigenvalue weighted by molar-refractivity contribution is 0.143. The van der Waals surface area contributed by atoms with Crippen molar-refractivity contribution in [1.82, 2.24) is 0 Å². The van der Waals surface area contributed by atoms with Crippen LogP contribution >= 0.6 is 15.9 Å². The molecule has 1 aliphatic rings. The van der Waals surface area contributed by atoms with Crippen LogP contribution in [0.15, 0.2) is 22.7 Å². The van der Waals surface area contributed by atoms with Crippen molar-refractivity contribution in [2.24, 2.45) is 5.92 Å². The van der Waals surface area contributed by atoms with Crippen LogP contribution in [0.3, 0.4) is 0 Å². The molecule has 94 valence electrons. The SMILES string of the molecule is FC(F)c1cc(Br)ccc1OCC1CCCC1. The minimum atomic E-state index is -2.49. The molecule has 0 N–H and O–H groups in total. The Kier molecular flexibility index (Phi) is 4.37. The van der Waals surface area contributed by atoms with E-state index in [9.17, 15) is 8.78 Å². The molecule has 1 aliphatic carbocycles. The largest absolute Gasteiger partial charge is 0.493 e. The van der Waals surface area contributed by atoms with Gasteiger partial charge < -0.3 is 4.74 Å². The van der Waals surface area contributed by atoms with Gasteiger partial charge in [0.05, 0.1) is 12.2 Å². The maximum Gasteiger partial charge on any atom is 0.267 e. The third-order valence-electron chi connectivity index (χ3n) is 3.16. The van der Waals surface area contributed by atoms with E-state index in [0.29, 0.717) is 22.7 Å². The number of alkyl halides is 2. The van der Waals surface area contributed by atoms with Crippen molar-refractivity contribution >= 4 is 15.9 Å². The summed E-state index contributed by atoms with van der Waals surface area (Å²) in [6.07, 6.45) is 2.28. The molecule has 0 radical (unpaired) electrons. The van der Waals surface area contributed by atoms with Gasteiger partial charge in [-0.1, -0.05) is 28.8 Å². The van der Waals surface area contributed by atoms with Crippen LogP contribution in [0.1, 0.15) is 37.7 Å². The van der Waals surface area contributed by atoms with Gasteiger partial charge in [-0.15, -0.1) is 0 Å². The van der Waals surface area contributed by atoms with E-state index in [2.05, 4.69) is 15.9 Å². The van der Waals surface area contributed by atoms with E-state index in [1.807, 2.05) is 0 Å². The highest BCUT2D eigenvalue weighted by Crippen LogP contribution is 2.33. The number of hydrogen-bond acceptors (Lipinski definition) is 1. The lowest BCUT2D eigenvalue weighted by atomic mass is 10.1. The van der Waals surface area contributed by atoms with Gasteiger partial charge in [0.25, 0.3) is 6.43 Å². The van der Waals surface area contributed by atoms with Gasteiger partial charge >= 0.3 is 0 Å². The van der Waals surface area contributed by atoms with Crippen LogP contribution in [0.25, 0.3) is 0 Å². The second-order valence-electron chi connectivity index (χ2n) is 4.44. The predicted octanol–water partition coefficient (Wildman–Crippen LogP) is 4.96. The van der Waals surface area contributed by atoms with E-state index >= 15 is 0 Å². The van der Waals surface area contributed by atoms with Gasteiger partial charge in [-0.2, -0.15) is 0 Å². The molecule has 0 heterocycles. The first-order valence-electron chi connectivity index (χ1n) is 5.87. The summed E-state index contributed by atoms with van der Waals surface area (Å²) < 4.78 is 31.8. The van der Waals surface area contributed by atoms with Gasteiger partial charge in [-0.25, -0.2) is 8.78 Å². The summed E-state index contributed by atoms with van der Waals surface area (Å²) in [5.41, 5.74) is -0.0302. The summed E-state index contributed by atoms with van der Waals surface area (Å²) in [7, 11) is 0. The van der Waals surface area contributed by atoms with Crippen LogP contribution in [0, 0.1) is 5.92 Å². The molecule has 0 atom stereocenters. The van der Waals surface area contributed by atoms with Crippen molar-refractivity contribution in [3.8, 4) is 5.75 Å². The Balaban J connectivity index is 2.03. The highest BCUT2D eigenvalue weighted by Gasteiger charge is 2.18. The Morgan fingerprint density at radius 2 is 2.00 bits per heavy atom. The molecular weight excluding hydrogens is 290 g/mol. The zero-order chi connectivity index (χ0) is 12.3. The van der Waals surface area contributed by atoms with E-state index in [1.165, 1.54) is 18.9 Å². The average molecular weight is 305 g/mol. The van der Waals surface area contributed by atoms with Crippen molar-refractivity contribution in [3.05, 3.63) is 28.2 Å². The van der Waals surface area contributed by atoms with Crippen molar-refractivity contribution in [2.75, 3.05) is 6.61 Å². The zero-order valence-electron chi connectivity index (χ0n) is 9.46. The second-order valence-corrected chi connectivity index (χ2v) is 5.36. The van der Waals surface area contributed by atoms with Crippen LogP contribution < -0.4 is 4.74 Å². The molecule has 0 aromatic heterocycles. The molecule has 1 saturated carbocycles. The monoisotopic (exact) mass is 304 g/mol. The van der Waals surface area contributed by atoms with Crippen LogP contribution in [0.4, 0.5) is 8.78 Å². The Morgan fingerprint density at radius 3 is 2.65 bits per heavy atom. The fraction of sp³-hybridized carbons (Fsp3) is 0.538. The molecule has 0 spiro atoms. The average Bonchev–Trinajstić information content (AvgIpc) is 2.80. The molecule has 0 amide bonds. The summed E-state index contributed by atoms with van der Waals surface area (Å²) in [5, 5.41) is 0. The van der Waals surface area contributed by atoms with Crippen LogP contribution in [0.5, 0.6) is 5.75 Å². The molecule has 1 fully saturated rings. The number of hydrogen-bond donors (Lipinski definition) is 0. The van der Waals surface area contributed by atoms with Gasteiger partial charge in [-0.05, 0) is 37.0 Å². The maximum absolute atomic E-state index is 12.8. The molecular formula is C13H15BrF2O. The molecule has 1 aromatic rings. The quantitative estimate of drug-likeness (QED) is 0.764. The molecule has 0 saturated heterocycles. The van der Waals surface area contributed by atoms with Crippen molar-refractivity contribution in [2.45, 2.75) is 32.1 Å². The molecule has 0 bridgehead atoms.